The SMILES string of the molecule is O=C(NNc1cccc2ccccc12)c1ccc(-c2noc(C(F)(F)F)n2)cc1. The molecule has 0 atom stereocenters. The first-order valence-corrected chi connectivity index (χ1v) is 8.47. The Morgan fingerprint density at radius 2 is 1.66 bits per heavy atom. The van der Waals surface area contributed by atoms with Crippen LogP contribution in [0.15, 0.2) is 71.3 Å². The van der Waals surface area contributed by atoms with Gasteiger partial charge in [0, 0.05) is 16.5 Å². The predicted octanol–water partition coefficient (Wildman–Crippen LogP) is 4.67. The van der Waals surface area contributed by atoms with E-state index < -0.39 is 18.0 Å². The Morgan fingerprint density at radius 3 is 2.38 bits per heavy atom. The number of nitrogens with zero attached hydrogens (tertiary/aromatic N) is 2. The first-order chi connectivity index (χ1) is 13.9. The first kappa shape index (κ1) is 18.5. The zero-order valence-corrected chi connectivity index (χ0v) is 14.7. The van der Waals surface area contributed by atoms with E-state index in [1.807, 2.05) is 42.5 Å². The standard InChI is InChI=1S/C20H13F3N4O2/c21-20(22,23)19-24-17(27-29-19)13-8-10-14(11-9-13)18(28)26-25-16-7-3-5-12-4-1-2-6-15(12)16/h1-11,25H,(H,26,28). The highest BCUT2D eigenvalue weighted by Gasteiger charge is 2.38. The molecule has 0 fully saturated rings. The summed E-state index contributed by atoms with van der Waals surface area (Å²) in [7, 11) is 0. The number of rotatable bonds is 4. The molecular formula is C20H13F3N4O2. The van der Waals surface area contributed by atoms with Crippen LogP contribution in [-0.2, 0) is 6.18 Å². The summed E-state index contributed by atoms with van der Waals surface area (Å²) in [4.78, 5) is 15.7. The van der Waals surface area contributed by atoms with Crippen LogP contribution in [-0.4, -0.2) is 16.0 Å². The van der Waals surface area contributed by atoms with Gasteiger partial charge in [-0.25, -0.2) is 0 Å². The second-order valence-corrected chi connectivity index (χ2v) is 6.10. The lowest BCUT2D eigenvalue weighted by Gasteiger charge is -2.11. The third kappa shape index (κ3) is 3.88. The zero-order chi connectivity index (χ0) is 20.4. The molecule has 6 nitrogen and oxygen atoms in total. The van der Waals surface area contributed by atoms with E-state index in [1.165, 1.54) is 24.3 Å². The number of carbonyl (C=O) groups excluding carboxylic acids is 1. The Hall–Kier alpha value is -3.88. The molecule has 1 aromatic heterocycles. The lowest BCUT2D eigenvalue weighted by molar-refractivity contribution is -0.159. The number of fused-ring (bicyclic) bond motifs is 1. The maximum Gasteiger partial charge on any atom is 0.471 e. The molecule has 9 heteroatoms. The molecule has 0 aliphatic carbocycles. The van der Waals surface area contributed by atoms with Gasteiger partial charge < -0.3 is 4.52 Å². The quantitative estimate of drug-likeness (QED) is 0.489. The average Bonchev–Trinajstić information content (AvgIpc) is 3.23. The van der Waals surface area contributed by atoms with Crippen molar-refractivity contribution in [3.8, 4) is 11.4 Å². The molecule has 0 spiro atoms. The number of carbonyl (C=O) groups is 1. The number of aromatic nitrogens is 2. The van der Waals surface area contributed by atoms with Crippen molar-refractivity contribution in [2.24, 2.45) is 0 Å². The number of hydrogen-bond acceptors (Lipinski definition) is 5. The summed E-state index contributed by atoms with van der Waals surface area (Å²) in [5, 5.41) is 5.28. The topological polar surface area (TPSA) is 80.0 Å². The Bertz CT molecular complexity index is 1170. The number of nitrogens with one attached hydrogen (secondary N) is 2. The smallest absolute Gasteiger partial charge is 0.329 e. The van der Waals surface area contributed by atoms with Gasteiger partial charge in [-0.05, 0) is 23.6 Å². The van der Waals surface area contributed by atoms with E-state index in [0.717, 1.165) is 16.5 Å². The molecule has 0 radical (unpaired) electrons. The summed E-state index contributed by atoms with van der Waals surface area (Å²) in [5.74, 6) is -2.04. The van der Waals surface area contributed by atoms with Gasteiger partial charge in [-0.1, -0.05) is 53.7 Å². The Kier molecular flexibility index (Phi) is 4.63. The molecule has 29 heavy (non-hydrogen) atoms. The van der Waals surface area contributed by atoms with E-state index >= 15 is 0 Å². The Balaban J connectivity index is 1.46. The Morgan fingerprint density at radius 1 is 0.931 bits per heavy atom. The molecule has 0 saturated heterocycles. The molecule has 2 N–H and O–H groups in total. The van der Waals surface area contributed by atoms with Crippen molar-refractivity contribution in [3.05, 3.63) is 78.2 Å². The van der Waals surface area contributed by atoms with Crippen LogP contribution in [0.1, 0.15) is 16.2 Å². The van der Waals surface area contributed by atoms with Gasteiger partial charge in [0.2, 0.25) is 5.82 Å². The minimum Gasteiger partial charge on any atom is -0.329 e. The first-order valence-electron chi connectivity index (χ1n) is 8.47. The highest BCUT2D eigenvalue weighted by Crippen LogP contribution is 2.29. The second kappa shape index (κ2) is 7.27. The van der Waals surface area contributed by atoms with Gasteiger partial charge in [0.1, 0.15) is 0 Å². The number of hydrazine groups is 1. The number of halogens is 3. The molecule has 0 bridgehead atoms. The normalized spacial score (nSPS) is 11.4. The second-order valence-electron chi connectivity index (χ2n) is 6.10. The maximum atomic E-state index is 12.6. The van der Waals surface area contributed by atoms with Gasteiger partial charge in [0.05, 0.1) is 5.69 Å². The minimum absolute atomic E-state index is 0.210. The number of alkyl halides is 3. The molecule has 3 aromatic carbocycles. The van der Waals surface area contributed by atoms with Crippen molar-refractivity contribution < 1.29 is 22.5 Å². The molecule has 0 aliphatic rings. The summed E-state index contributed by atoms with van der Waals surface area (Å²) in [6.45, 7) is 0. The third-order valence-electron chi connectivity index (χ3n) is 4.17. The fraction of sp³-hybridized carbons (Fsp3) is 0.0500. The molecule has 0 unspecified atom stereocenters. The van der Waals surface area contributed by atoms with E-state index in [1.54, 1.807) is 0 Å². The highest BCUT2D eigenvalue weighted by molar-refractivity contribution is 5.98. The molecule has 1 amide bonds. The van der Waals surface area contributed by atoms with Crippen LogP contribution >= 0.6 is 0 Å². The van der Waals surface area contributed by atoms with E-state index in [9.17, 15) is 18.0 Å². The van der Waals surface area contributed by atoms with Gasteiger partial charge in [-0.3, -0.25) is 15.6 Å². The molecule has 4 rings (SSSR count). The van der Waals surface area contributed by atoms with Gasteiger partial charge in [-0.15, -0.1) is 0 Å². The van der Waals surface area contributed by atoms with E-state index in [4.69, 9.17) is 0 Å². The zero-order valence-electron chi connectivity index (χ0n) is 14.7. The van der Waals surface area contributed by atoms with Crippen LogP contribution in [0.5, 0.6) is 0 Å². The maximum absolute atomic E-state index is 12.6. The summed E-state index contributed by atoms with van der Waals surface area (Å²) >= 11 is 0. The van der Waals surface area contributed by atoms with Gasteiger partial charge >= 0.3 is 12.1 Å². The third-order valence-corrected chi connectivity index (χ3v) is 4.17. The molecule has 4 aromatic rings. The molecule has 146 valence electrons. The van der Waals surface area contributed by atoms with Crippen LogP contribution < -0.4 is 10.9 Å². The van der Waals surface area contributed by atoms with Gasteiger partial charge in [0.15, 0.2) is 0 Å². The van der Waals surface area contributed by atoms with Gasteiger partial charge in [-0.2, -0.15) is 18.2 Å². The van der Waals surface area contributed by atoms with Crippen LogP contribution in [0.25, 0.3) is 22.2 Å². The van der Waals surface area contributed by atoms with Crippen molar-refractivity contribution in [1.82, 2.24) is 15.6 Å². The predicted molar refractivity (Wildman–Crippen MR) is 99.8 cm³/mol. The molecular weight excluding hydrogens is 385 g/mol. The van der Waals surface area contributed by atoms with Crippen LogP contribution in [0.2, 0.25) is 0 Å². The molecule has 0 aliphatic heterocycles. The van der Waals surface area contributed by atoms with Crippen molar-refractivity contribution in [3.63, 3.8) is 0 Å². The Labute approximate surface area is 162 Å². The largest absolute Gasteiger partial charge is 0.471 e. The summed E-state index contributed by atoms with van der Waals surface area (Å²) in [5.41, 5.74) is 6.83. The van der Waals surface area contributed by atoms with E-state index in [0.29, 0.717) is 11.1 Å². The van der Waals surface area contributed by atoms with Crippen molar-refractivity contribution in [2.45, 2.75) is 6.18 Å². The number of anilines is 1. The number of amides is 1. The minimum atomic E-state index is -4.71. The summed E-state index contributed by atoms with van der Waals surface area (Å²) in [6.07, 6.45) is -4.71. The lowest BCUT2D eigenvalue weighted by atomic mass is 10.1. The van der Waals surface area contributed by atoms with E-state index in [2.05, 4.69) is 25.5 Å². The van der Waals surface area contributed by atoms with Crippen LogP contribution in [0.3, 0.4) is 0 Å². The van der Waals surface area contributed by atoms with Crippen molar-refractivity contribution in [1.29, 1.82) is 0 Å². The molecule has 1 heterocycles. The monoisotopic (exact) mass is 398 g/mol. The molecule has 0 saturated carbocycles. The summed E-state index contributed by atoms with van der Waals surface area (Å²) < 4.78 is 41.9. The van der Waals surface area contributed by atoms with Gasteiger partial charge in [0.25, 0.3) is 5.91 Å². The fourth-order valence-corrected chi connectivity index (χ4v) is 2.76. The summed E-state index contributed by atoms with van der Waals surface area (Å²) in [6, 6.07) is 19.2. The fourth-order valence-electron chi connectivity index (χ4n) is 2.76. The number of hydrogen-bond donors (Lipinski definition) is 2. The number of benzene rings is 3. The van der Waals surface area contributed by atoms with Crippen LogP contribution in [0.4, 0.5) is 18.9 Å². The lowest BCUT2D eigenvalue weighted by Crippen LogP contribution is -2.29. The average molecular weight is 398 g/mol. The van der Waals surface area contributed by atoms with Crippen LogP contribution in [0, 0.1) is 0 Å². The van der Waals surface area contributed by atoms with Crippen molar-refractivity contribution in [2.75, 3.05) is 5.43 Å². The van der Waals surface area contributed by atoms with E-state index in [-0.39, 0.29) is 5.82 Å². The highest BCUT2D eigenvalue weighted by atomic mass is 19.4. The van der Waals surface area contributed by atoms with Crippen molar-refractivity contribution >= 4 is 22.4 Å².